The fourth-order valence-electron chi connectivity index (χ4n) is 18.3. The molecule has 6 amide bonds. The zero-order valence-electron chi connectivity index (χ0n) is 82.5. The first-order valence-corrected chi connectivity index (χ1v) is 49.5. The van der Waals surface area contributed by atoms with E-state index in [0.717, 1.165) is 39.5 Å². The highest BCUT2D eigenvalue weighted by molar-refractivity contribution is 5.86. The molecule has 7 fully saturated rings. The van der Waals surface area contributed by atoms with Gasteiger partial charge in [0.15, 0.2) is 37.7 Å². The number of nitrogens with zero attached hydrogens (tertiary/aromatic N) is 3. The van der Waals surface area contributed by atoms with Crippen molar-refractivity contribution in [2.24, 2.45) is 5.92 Å². The monoisotopic (exact) mass is 2120 g/mol. The molecule has 2 aromatic rings. The molecular formula is C91H149FN10O45. The molecule has 0 radical (unpaired) electrons. The maximum absolute atomic E-state index is 17.2. The number of unbranched alkanes of at least 4 members (excludes halogenated alkanes) is 3. The summed E-state index contributed by atoms with van der Waals surface area (Å²) in [6, 6.07) is 7.11. The number of nitrogens with one attached hydrogen (secondary N) is 7. The maximum Gasteiger partial charge on any atom is 0.407 e. The van der Waals surface area contributed by atoms with Crippen LogP contribution in [0.15, 0.2) is 30.3 Å². The third-order valence-electron chi connectivity index (χ3n) is 26.5. The number of hydrogen-bond donors (Lipinski definition) is 25. The van der Waals surface area contributed by atoms with E-state index in [1.807, 2.05) is 37.3 Å². The van der Waals surface area contributed by atoms with Gasteiger partial charge >= 0.3 is 12.1 Å². The van der Waals surface area contributed by atoms with Gasteiger partial charge in [-0.1, -0.05) is 68.7 Å². The lowest BCUT2D eigenvalue weighted by Crippen LogP contribution is -2.69. The third-order valence-corrected chi connectivity index (χ3v) is 26.5. The average molecular weight is 2120 g/mol. The smallest absolute Gasteiger partial charge is 0.407 e. The number of aliphatic hydroxyl groups excluding tert-OH is 18. The van der Waals surface area contributed by atoms with Crippen molar-refractivity contribution in [1.29, 1.82) is 0 Å². The van der Waals surface area contributed by atoms with Gasteiger partial charge in [0.05, 0.1) is 129 Å². The number of alkyl carbamates (subject to hydrolysis) is 1. The second kappa shape index (κ2) is 60.5. The van der Waals surface area contributed by atoms with Gasteiger partial charge in [-0.3, -0.25) is 28.8 Å². The molecule has 37 atom stereocenters. The van der Waals surface area contributed by atoms with E-state index in [9.17, 15) is 125 Å². The minimum atomic E-state index is -2.95. The molecule has 0 bridgehead atoms. The minimum Gasteiger partial charge on any atom is -0.445 e. The molecule has 1 aromatic carbocycles. The van der Waals surface area contributed by atoms with Crippen LogP contribution >= 0.6 is 0 Å². The molecule has 0 spiro atoms. The summed E-state index contributed by atoms with van der Waals surface area (Å²) in [5.41, 5.74) is -1.36. The number of aromatic nitrogens is 3. The second-order valence-electron chi connectivity index (χ2n) is 37.0. The summed E-state index contributed by atoms with van der Waals surface area (Å²) in [7, 11) is 2.24. The molecule has 840 valence electrons. The Morgan fingerprint density at radius 1 is 0.544 bits per heavy atom. The van der Waals surface area contributed by atoms with Crippen molar-refractivity contribution >= 4 is 42.1 Å². The van der Waals surface area contributed by atoms with Crippen LogP contribution in [0.4, 0.5) is 9.18 Å². The number of amides is 6. The van der Waals surface area contributed by atoms with Crippen LogP contribution in [0.2, 0.25) is 0 Å². The second-order valence-corrected chi connectivity index (χ2v) is 37.0. The highest BCUT2D eigenvalue weighted by Crippen LogP contribution is 2.43. The third kappa shape index (κ3) is 33.2. The summed E-state index contributed by atoms with van der Waals surface area (Å²) in [6.07, 6.45) is -58.2. The molecule has 7 aliphatic heterocycles. The lowest BCUT2D eigenvalue weighted by molar-refractivity contribution is -0.444. The van der Waals surface area contributed by atoms with Gasteiger partial charge in [-0.25, -0.2) is 13.9 Å². The van der Waals surface area contributed by atoms with Crippen molar-refractivity contribution in [3.63, 3.8) is 0 Å². The van der Waals surface area contributed by atoms with Crippen molar-refractivity contribution < 1.29 is 225 Å². The Morgan fingerprint density at radius 2 is 1.09 bits per heavy atom. The van der Waals surface area contributed by atoms with Crippen LogP contribution in [0.1, 0.15) is 121 Å². The number of carbonyl (C=O) groups is 7. The van der Waals surface area contributed by atoms with Gasteiger partial charge in [-0.2, -0.15) is 0 Å². The fraction of sp³-hybridized carbons (Fsp3) is 0.835. The van der Waals surface area contributed by atoms with Crippen molar-refractivity contribution in [2.45, 2.75) is 344 Å². The Labute approximate surface area is 845 Å². The van der Waals surface area contributed by atoms with Crippen molar-refractivity contribution in [2.75, 3.05) is 133 Å². The molecule has 1 aliphatic carbocycles. The van der Waals surface area contributed by atoms with Crippen LogP contribution in [0, 0.1) is 5.92 Å². The quantitative estimate of drug-likeness (QED) is 0.0166. The van der Waals surface area contributed by atoms with Gasteiger partial charge in [-0.15, -0.1) is 5.10 Å². The van der Waals surface area contributed by atoms with Crippen LogP contribution in [-0.2, 0) is 149 Å². The molecule has 147 heavy (non-hydrogen) atoms. The topological polar surface area (TPSA) is 783 Å². The number of benzene rings is 1. The van der Waals surface area contributed by atoms with Crippen molar-refractivity contribution in [3.8, 4) is 0 Å². The van der Waals surface area contributed by atoms with E-state index in [1.54, 1.807) is 0 Å². The first-order chi connectivity index (χ1) is 70.6. The summed E-state index contributed by atoms with van der Waals surface area (Å²) >= 11 is 0. The first-order valence-electron chi connectivity index (χ1n) is 49.5. The first kappa shape index (κ1) is 122. The standard InChI is InChI=1S/C91H149FN10O45/c1-6-7-24-94-60(114)22-21-49(99-89(127)133-44-48-17-11-8-12-18-48)35-93-37-61(115)95-26-28-130-30-32-132-33-31-131-29-27-102-50-19-13-9-15-23-90(92,81(50)100-101-102)88(126)96-25-16-10-14-20-59(113)97-36-52(112)73-62(98-47(3)110)51(111)34-91(146-73,134-45-109)147-78-65(118)54(39-104)136-85(70(78)123)141-74-55(40-105)137-82(46(2)63(74)116)144-79-71(124)87(139-57(42-107)76(79)128-4)143-77-58(43-108)140-86(142-75-56(41-106)138-83(129-5)69(122)67(75)120)72(125)80(77)145-84-68(121)66(119)64(117)53(38-103)135-84/h8,11-12,17-18,45-46,49,51-58,62-80,82-87,93,103-108,111-112,116-125H,6-7,9-10,13-16,19-44H2,1-5H3,(H,94,114)(H,95,115)(H,96,126)(H,97,113)(H,98,110)(H,99,127)/t46?,49-,51+,52?,53?,54?,55?,56?,57?,58?,62-,63+,64+,65-,66-,67+,68?,69?,70?,71?,72?,73?,74+,75+,76+,77-,78-,79+,80+,82-,83+,84-,85-,86-,87+,90?,91+/m0/s1. The zero-order chi connectivity index (χ0) is 107. The van der Waals surface area contributed by atoms with Gasteiger partial charge < -0.3 is 224 Å². The molecule has 55 nitrogen and oxygen atoms in total. The van der Waals surface area contributed by atoms with E-state index in [2.05, 4.69) is 47.5 Å². The minimum absolute atomic E-state index is 0.00384. The van der Waals surface area contributed by atoms with E-state index in [1.165, 1.54) is 11.6 Å². The fourth-order valence-corrected chi connectivity index (χ4v) is 18.3. The van der Waals surface area contributed by atoms with E-state index >= 15 is 4.39 Å². The Morgan fingerprint density at radius 3 is 1.72 bits per heavy atom. The van der Waals surface area contributed by atoms with E-state index in [4.69, 9.17) is 94.7 Å². The normalized spacial score (nSPS) is 35.7. The van der Waals surface area contributed by atoms with Crippen LogP contribution in [0.25, 0.3) is 0 Å². The highest BCUT2D eigenvalue weighted by atomic mass is 19.1. The zero-order valence-corrected chi connectivity index (χ0v) is 82.5. The Kier molecular flexibility index (Phi) is 50.1. The number of hydrogen-bond acceptors (Lipinski definition) is 48. The molecule has 7 saturated heterocycles. The summed E-state index contributed by atoms with van der Waals surface area (Å²) in [5.74, 6) is -7.10. The number of ether oxygens (including phenoxy) is 20. The van der Waals surface area contributed by atoms with E-state index in [0.29, 0.717) is 50.8 Å². The van der Waals surface area contributed by atoms with Crippen molar-refractivity contribution in [1.82, 2.24) is 52.2 Å². The number of fused-ring (bicyclic) bond motifs is 1. The van der Waals surface area contributed by atoms with Crippen LogP contribution < -0.4 is 37.2 Å². The molecule has 8 heterocycles. The largest absolute Gasteiger partial charge is 0.445 e. The summed E-state index contributed by atoms with van der Waals surface area (Å²) in [6.45, 7) is -0.140. The molecule has 15 unspecified atom stereocenters. The van der Waals surface area contributed by atoms with Gasteiger partial charge in [0.1, 0.15) is 153 Å². The van der Waals surface area contributed by atoms with Gasteiger partial charge in [0, 0.05) is 78.7 Å². The lowest BCUT2D eigenvalue weighted by Gasteiger charge is -2.51. The number of carbonyl (C=O) groups excluding carboxylic acids is 7. The van der Waals surface area contributed by atoms with Crippen LogP contribution in [0.3, 0.4) is 0 Å². The summed E-state index contributed by atoms with van der Waals surface area (Å²) < 4.78 is 135. The van der Waals surface area contributed by atoms with E-state index < -0.39 is 303 Å². The number of aliphatic hydroxyl groups is 18. The molecular weight excluding hydrogens is 1970 g/mol. The predicted molar refractivity (Wildman–Crippen MR) is 488 cm³/mol. The molecule has 1 aromatic heterocycles. The molecule has 8 aliphatic rings. The van der Waals surface area contributed by atoms with Gasteiger partial charge in [0.25, 0.3) is 12.4 Å². The lowest BCUT2D eigenvalue weighted by atomic mass is 9.88. The van der Waals surface area contributed by atoms with Crippen LogP contribution in [-0.4, -0.2) is 496 Å². The molecule has 0 saturated carbocycles. The number of methoxy groups -OCH3 is 2. The Hall–Kier alpha value is -7.10. The van der Waals surface area contributed by atoms with Gasteiger partial charge in [-0.05, 0) is 56.9 Å². The molecule has 25 N–H and O–H groups in total. The van der Waals surface area contributed by atoms with E-state index in [-0.39, 0.29) is 135 Å². The van der Waals surface area contributed by atoms with Crippen LogP contribution in [0.5, 0.6) is 0 Å². The summed E-state index contributed by atoms with van der Waals surface area (Å²) in [4.78, 5) is 90.1. The Balaban J connectivity index is 0.671. The maximum atomic E-state index is 17.2. The van der Waals surface area contributed by atoms with Crippen molar-refractivity contribution in [3.05, 3.63) is 47.3 Å². The SMILES string of the molecule is CCCCNC(=O)CC[C@@H](CNCC(=O)NCCOCCOCCOCCn1nnc2c1CCCCCC2(F)C(=O)NCCCCCC(=O)NCC(O)C1O[C@@](OC=O)(O[C@@H]2C(O)[C@H](O[C@@H]3C(CO)O[C@@H](O[C@@H]4C(O)[C@@H](O[C@H]5C(CO)O[C@@H](O[C@@H]6C(CO)O[C@@H](OC)C(O)[C@H]6O)C(O)[C@H]5O[C@@H]5OC(CO)[C@@H](O)[C@H](O)C5O)OC(CO)[C@H]4OC)C(C)[C@H]3O)OC(CO)[C@@H]2O)C[C@@H](O)[C@@H]1NC(C)=O)NC(=O)OCc1ccccc1. The Bertz CT molecular complexity index is 4240. The molecule has 10 rings (SSSR count). The number of alkyl halides is 1. The molecule has 56 heteroatoms. The average Bonchev–Trinajstić information content (AvgIpc) is 1.58. The number of halogens is 1. The number of rotatable bonds is 58. The highest BCUT2D eigenvalue weighted by Gasteiger charge is 2.62. The van der Waals surface area contributed by atoms with Gasteiger partial charge in [0.2, 0.25) is 29.3 Å². The summed E-state index contributed by atoms with van der Waals surface area (Å²) in [5, 5.41) is 230. The predicted octanol–water partition coefficient (Wildman–Crippen LogP) is -10.5.